The molecule has 12 aromatic carbocycles. The van der Waals surface area contributed by atoms with Gasteiger partial charge in [0, 0.05) is 44.0 Å². The zero-order chi connectivity index (χ0) is 45.8. The Morgan fingerprint density at radius 1 is 0.391 bits per heavy atom. The monoisotopic (exact) mass is 880 g/mol. The van der Waals surface area contributed by atoms with Crippen molar-refractivity contribution in [2.24, 2.45) is 0 Å². The smallest absolute Gasteiger partial charge is 0.0620 e. The average Bonchev–Trinajstić information content (AvgIpc) is 3.63. The molecule has 0 N–H and O–H groups in total. The van der Waals surface area contributed by atoms with Gasteiger partial charge in [0.2, 0.25) is 0 Å². The van der Waals surface area contributed by atoms with Crippen LogP contribution >= 0.6 is 0 Å². The van der Waals surface area contributed by atoms with Crippen LogP contribution < -0.4 is 9.80 Å². The number of anilines is 5. The second-order valence-electron chi connectivity index (χ2n) is 19.6. The normalized spacial score (nSPS) is 14.7. The molecule has 69 heavy (non-hydrogen) atoms. The lowest BCUT2D eigenvalue weighted by Gasteiger charge is -2.38. The van der Waals surface area contributed by atoms with E-state index < -0.39 is 0 Å². The van der Waals surface area contributed by atoms with Crippen molar-refractivity contribution in [3.05, 3.63) is 253 Å². The van der Waals surface area contributed by atoms with Gasteiger partial charge in [0.05, 0.1) is 17.4 Å². The van der Waals surface area contributed by atoms with Gasteiger partial charge in [-0.05, 0) is 131 Å². The molecule has 0 saturated carbocycles. The van der Waals surface area contributed by atoms with E-state index in [0.717, 1.165) is 17.8 Å². The molecule has 0 fully saturated rings. The lowest BCUT2D eigenvalue weighted by molar-refractivity contribution is 0.661. The maximum absolute atomic E-state index is 2.68. The molecular weight excluding hydrogens is 833 g/mol. The highest BCUT2D eigenvalue weighted by atomic mass is 15.2. The van der Waals surface area contributed by atoms with Crippen LogP contribution in [0.2, 0.25) is 0 Å². The Morgan fingerprint density at radius 2 is 0.884 bits per heavy atom. The van der Waals surface area contributed by atoms with Crippen LogP contribution in [-0.4, -0.2) is 6.04 Å². The van der Waals surface area contributed by atoms with Crippen LogP contribution in [0.5, 0.6) is 0 Å². The predicted molar refractivity (Wildman–Crippen MR) is 295 cm³/mol. The van der Waals surface area contributed by atoms with Gasteiger partial charge in [0.15, 0.2) is 0 Å². The van der Waals surface area contributed by atoms with Crippen molar-refractivity contribution >= 4 is 99.1 Å². The number of fused-ring (bicyclic) bond motifs is 11. The first-order chi connectivity index (χ1) is 34.0. The minimum atomic E-state index is -0.250. The van der Waals surface area contributed by atoms with Crippen molar-refractivity contribution in [2.45, 2.75) is 31.7 Å². The SMILES string of the molecule is CC1(C)c2cc3c(N(c4ccc5ccccc5c4)C4C=Cc5ccccc5C4)c4ccccc4c(N(c4ccc5ccccc5c4)c4ccc5ccccc5c4)c3cc2-c2c1ccc1ccccc21. The molecule has 0 saturated heterocycles. The fourth-order valence-electron chi connectivity index (χ4n) is 12.0. The fourth-order valence-corrected chi connectivity index (χ4v) is 12.0. The second kappa shape index (κ2) is 15.3. The third-order valence-electron chi connectivity index (χ3n) is 15.4. The van der Waals surface area contributed by atoms with Gasteiger partial charge in [-0.1, -0.05) is 202 Å². The largest absolute Gasteiger partial charge is 0.333 e. The molecule has 2 nitrogen and oxygen atoms in total. The van der Waals surface area contributed by atoms with Gasteiger partial charge in [0.25, 0.3) is 0 Å². The molecule has 2 aliphatic rings. The van der Waals surface area contributed by atoms with Crippen LogP contribution in [0.1, 0.15) is 36.1 Å². The molecule has 1 unspecified atom stereocenters. The molecule has 0 heterocycles. The molecule has 2 heteroatoms. The molecular formula is C67H48N2. The maximum atomic E-state index is 2.68. The standard InChI is InChI=1S/C67H48N2/c1-67(2)62-36-31-47-19-11-12-24-56(47)64(62)61-41-59-60(42-63(61)67)66(69(54-34-29-45-17-5-9-22-50(45)39-54)55-35-30-46-18-6-10-23-51(46)40-55)58-26-14-13-25-57(58)65(59)68(52-32-27-43-15-3-7-20-48(43)37-52)53-33-28-44-16-4-8-21-49(44)38-53/h3-39,41-42,55H,40H2,1-2H3. The van der Waals surface area contributed by atoms with E-state index in [4.69, 9.17) is 0 Å². The van der Waals surface area contributed by atoms with Crippen LogP contribution in [0.3, 0.4) is 0 Å². The maximum Gasteiger partial charge on any atom is 0.0620 e. The van der Waals surface area contributed by atoms with Gasteiger partial charge in [0.1, 0.15) is 0 Å². The number of nitrogens with zero attached hydrogens (tertiary/aromatic N) is 2. The first-order valence-corrected chi connectivity index (χ1v) is 24.3. The van der Waals surface area contributed by atoms with Crippen molar-refractivity contribution in [1.82, 2.24) is 0 Å². The topological polar surface area (TPSA) is 6.48 Å². The van der Waals surface area contributed by atoms with Gasteiger partial charge >= 0.3 is 0 Å². The van der Waals surface area contributed by atoms with E-state index in [9.17, 15) is 0 Å². The summed E-state index contributed by atoms with van der Waals surface area (Å²) in [4.78, 5) is 5.24. The van der Waals surface area contributed by atoms with Crippen LogP contribution in [0.4, 0.5) is 28.4 Å². The quantitative estimate of drug-likeness (QED) is 0.121. The Kier molecular flexibility index (Phi) is 8.79. The van der Waals surface area contributed by atoms with Gasteiger partial charge < -0.3 is 9.80 Å². The van der Waals surface area contributed by atoms with Crippen molar-refractivity contribution in [3.8, 4) is 11.1 Å². The second-order valence-corrected chi connectivity index (χ2v) is 19.6. The molecule has 326 valence electrons. The summed E-state index contributed by atoms with van der Waals surface area (Å²) in [6.07, 6.45) is 5.67. The van der Waals surface area contributed by atoms with Crippen LogP contribution in [-0.2, 0) is 11.8 Å². The minimum Gasteiger partial charge on any atom is -0.333 e. The highest BCUT2D eigenvalue weighted by Crippen LogP contribution is 2.57. The minimum absolute atomic E-state index is 0.0398. The molecule has 0 spiro atoms. The average molecular weight is 881 g/mol. The van der Waals surface area contributed by atoms with E-state index in [1.807, 2.05) is 0 Å². The van der Waals surface area contributed by atoms with E-state index in [0.29, 0.717) is 0 Å². The predicted octanol–water partition coefficient (Wildman–Crippen LogP) is 18.2. The summed E-state index contributed by atoms with van der Waals surface area (Å²) < 4.78 is 0. The van der Waals surface area contributed by atoms with Crippen molar-refractivity contribution < 1.29 is 0 Å². The molecule has 0 aliphatic heterocycles. The molecule has 14 rings (SSSR count). The number of hydrogen-bond acceptors (Lipinski definition) is 2. The van der Waals surface area contributed by atoms with Gasteiger partial charge in [-0.3, -0.25) is 0 Å². The third kappa shape index (κ3) is 6.18. The molecule has 12 aromatic rings. The Labute approximate surface area is 402 Å². The van der Waals surface area contributed by atoms with E-state index in [1.165, 1.54) is 115 Å². The Bertz CT molecular complexity index is 4040. The summed E-state index contributed by atoms with van der Waals surface area (Å²) in [5.41, 5.74) is 13.6. The summed E-state index contributed by atoms with van der Waals surface area (Å²) >= 11 is 0. The summed E-state index contributed by atoms with van der Waals surface area (Å²) in [7, 11) is 0. The van der Waals surface area contributed by atoms with Crippen molar-refractivity contribution in [3.63, 3.8) is 0 Å². The highest BCUT2D eigenvalue weighted by Gasteiger charge is 2.39. The lowest BCUT2D eigenvalue weighted by atomic mass is 9.81. The van der Waals surface area contributed by atoms with E-state index in [1.54, 1.807) is 0 Å². The molecule has 0 amide bonds. The Morgan fingerprint density at radius 3 is 1.54 bits per heavy atom. The first-order valence-electron chi connectivity index (χ1n) is 24.3. The van der Waals surface area contributed by atoms with Gasteiger partial charge in [-0.25, -0.2) is 0 Å². The zero-order valence-electron chi connectivity index (χ0n) is 38.7. The summed E-state index contributed by atoms with van der Waals surface area (Å²) in [5, 5.41) is 14.8. The van der Waals surface area contributed by atoms with Crippen molar-refractivity contribution in [1.29, 1.82) is 0 Å². The number of rotatable bonds is 6. The zero-order valence-corrected chi connectivity index (χ0v) is 38.7. The first kappa shape index (κ1) is 39.7. The van der Waals surface area contributed by atoms with Crippen LogP contribution in [0.15, 0.2) is 231 Å². The summed E-state index contributed by atoms with van der Waals surface area (Å²) in [6.45, 7) is 4.86. The molecule has 0 radical (unpaired) electrons. The Hall–Kier alpha value is -8.46. The highest BCUT2D eigenvalue weighted by molar-refractivity contribution is 6.24. The third-order valence-corrected chi connectivity index (χ3v) is 15.4. The molecule has 0 aromatic heterocycles. The van der Waals surface area contributed by atoms with E-state index in [2.05, 4.69) is 260 Å². The van der Waals surface area contributed by atoms with Crippen LogP contribution in [0.25, 0.3) is 81.8 Å². The summed E-state index contributed by atoms with van der Waals surface area (Å²) in [5.74, 6) is 0. The van der Waals surface area contributed by atoms with Crippen molar-refractivity contribution in [2.75, 3.05) is 9.80 Å². The number of hydrogen-bond donors (Lipinski definition) is 0. The molecule has 1 atom stereocenters. The van der Waals surface area contributed by atoms with Gasteiger partial charge in [-0.2, -0.15) is 0 Å². The Balaban J connectivity index is 1.15. The molecule has 2 aliphatic carbocycles. The summed E-state index contributed by atoms with van der Waals surface area (Å²) in [6, 6.07) is 84.3. The fraction of sp³-hybridized carbons (Fsp3) is 0.0746. The van der Waals surface area contributed by atoms with E-state index >= 15 is 0 Å². The molecule has 0 bridgehead atoms. The van der Waals surface area contributed by atoms with E-state index in [-0.39, 0.29) is 11.5 Å². The van der Waals surface area contributed by atoms with Crippen LogP contribution in [0, 0.1) is 0 Å². The van der Waals surface area contributed by atoms with Gasteiger partial charge in [-0.15, -0.1) is 0 Å². The lowest BCUT2D eigenvalue weighted by Crippen LogP contribution is -2.33. The number of benzene rings is 12.